The predicted molar refractivity (Wildman–Crippen MR) is 125 cm³/mol. The molecule has 1 atom stereocenters. The number of carbonyl (C=O) groups excluding carboxylic acids is 1. The summed E-state index contributed by atoms with van der Waals surface area (Å²) in [5.74, 6) is -0.461. The van der Waals surface area contributed by atoms with Crippen molar-refractivity contribution in [3.05, 3.63) is 58.8 Å². The van der Waals surface area contributed by atoms with Gasteiger partial charge in [-0.25, -0.2) is 0 Å². The Bertz CT molecular complexity index is 1010. The Morgan fingerprint density at radius 1 is 1.19 bits per heavy atom. The highest BCUT2D eigenvalue weighted by Gasteiger charge is 2.24. The minimum absolute atomic E-state index is 0.0879. The Kier molecular flexibility index (Phi) is 7.46. The van der Waals surface area contributed by atoms with Crippen LogP contribution >= 0.6 is 11.6 Å². The highest BCUT2D eigenvalue weighted by Crippen LogP contribution is 2.40. The summed E-state index contributed by atoms with van der Waals surface area (Å²) < 4.78 is 1.93. The third kappa shape index (κ3) is 4.97. The number of hydrogen-bond acceptors (Lipinski definition) is 4. The van der Waals surface area contributed by atoms with Crippen LogP contribution in [0.15, 0.2) is 48.1 Å². The molecule has 1 aromatic heterocycles. The van der Waals surface area contributed by atoms with Crippen LogP contribution in [0.2, 0.25) is 5.02 Å². The van der Waals surface area contributed by atoms with Crippen LogP contribution in [0.3, 0.4) is 0 Å². The van der Waals surface area contributed by atoms with Crippen molar-refractivity contribution in [2.75, 3.05) is 26.2 Å². The zero-order valence-corrected chi connectivity index (χ0v) is 19.0. The molecular formula is C24H30ClN3O3. The normalized spacial score (nSPS) is 15.9. The molecule has 1 amide bonds. The maximum Gasteiger partial charge on any atom is 0.267 e. The van der Waals surface area contributed by atoms with Crippen molar-refractivity contribution in [2.24, 2.45) is 0 Å². The van der Waals surface area contributed by atoms with Gasteiger partial charge in [-0.2, -0.15) is 0 Å². The van der Waals surface area contributed by atoms with Gasteiger partial charge >= 0.3 is 0 Å². The number of phenolic OH excluding ortho intramolecular Hbond substituents is 2. The van der Waals surface area contributed by atoms with E-state index >= 15 is 0 Å². The van der Waals surface area contributed by atoms with Gasteiger partial charge in [-0.05, 0) is 50.2 Å². The SMILES string of the molecule is CCNC(=O)c1ccc(-c2cc(Cl)c(O)cc2O)n1C1C=CC(CN(CC)CC)=CC1. The van der Waals surface area contributed by atoms with E-state index in [-0.39, 0.29) is 28.5 Å². The number of amides is 1. The number of benzene rings is 1. The predicted octanol–water partition coefficient (Wildman–Crippen LogP) is 4.74. The smallest absolute Gasteiger partial charge is 0.267 e. The third-order valence-electron chi connectivity index (χ3n) is 5.62. The lowest BCUT2D eigenvalue weighted by Gasteiger charge is -2.25. The maximum absolute atomic E-state index is 12.7. The largest absolute Gasteiger partial charge is 0.507 e. The molecule has 0 fully saturated rings. The zero-order chi connectivity index (χ0) is 22.5. The number of hydrogen-bond donors (Lipinski definition) is 3. The molecule has 2 aromatic rings. The van der Waals surface area contributed by atoms with E-state index in [9.17, 15) is 15.0 Å². The van der Waals surface area contributed by atoms with E-state index in [1.54, 1.807) is 12.1 Å². The molecule has 1 heterocycles. The maximum atomic E-state index is 12.7. The Labute approximate surface area is 188 Å². The van der Waals surface area contributed by atoms with Gasteiger partial charge in [0.1, 0.15) is 17.2 Å². The molecule has 3 N–H and O–H groups in total. The molecule has 166 valence electrons. The molecule has 0 spiro atoms. The minimum Gasteiger partial charge on any atom is -0.507 e. The summed E-state index contributed by atoms with van der Waals surface area (Å²) in [7, 11) is 0. The summed E-state index contributed by atoms with van der Waals surface area (Å²) in [6.07, 6.45) is 7.15. The molecule has 1 aromatic carbocycles. The number of carbonyl (C=O) groups is 1. The van der Waals surface area contributed by atoms with Gasteiger partial charge < -0.3 is 20.1 Å². The van der Waals surface area contributed by atoms with Crippen molar-refractivity contribution < 1.29 is 15.0 Å². The Hall–Kier alpha value is -2.70. The molecular weight excluding hydrogens is 414 g/mol. The van der Waals surface area contributed by atoms with Crippen LogP contribution in [-0.4, -0.2) is 51.8 Å². The van der Waals surface area contributed by atoms with E-state index < -0.39 is 0 Å². The third-order valence-corrected chi connectivity index (χ3v) is 5.92. The first-order chi connectivity index (χ1) is 14.9. The number of rotatable bonds is 8. The molecule has 0 bridgehead atoms. The molecule has 0 saturated heterocycles. The van der Waals surface area contributed by atoms with Crippen LogP contribution in [0, 0.1) is 0 Å². The Morgan fingerprint density at radius 3 is 2.55 bits per heavy atom. The van der Waals surface area contributed by atoms with E-state index in [0.29, 0.717) is 23.5 Å². The summed E-state index contributed by atoms with van der Waals surface area (Å²) in [5.41, 5.74) is 2.89. The van der Waals surface area contributed by atoms with Crippen molar-refractivity contribution in [3.8, 4) is 22.8 Å². The molecule has 1 aliphatic rings. The fourth-order valence-electron chi connectivity index (χ4n) is 3.88. The monoisotopic (exact) mass is 443 g/mol. The lowest BCUT2D eigenvalue weighted by Crippen LogP contribution is -2.28. The van der Waals surface area contributed by atoms with Crippen LogP contribution < -0.4 is 5.32 Å². The average Bonchev–Trinajstić information content (AvgIpc) is 3.20. The summed E-state index contributed by atoms with van der Waals surface area (Å²) >= 11 is 6.11. The van der Waals surface area contributed by atoms with E-state index in [2.05, 4.69) is 42.3 Å². The fraction of sp³-hybridized carbons (Fsp3) is 0.375. The number of nitrogens with zero attached hydrogens (tertiary/aromatic N) is 2. The fourth-order valence-corrected chi connectivity index (χ4v) is 4.05. The molecule has 0 saturated carbocycles. The average molecular weight is 444 g/mol. The molecule has 3 rings (SSSR count). The van der Waals surface area contributed by atoms with Crippen molar-refractivity contribution >= 4 is 17.5 Å². The molecule has 0 aliphatic heterocycles. The second-order valence-corrected chi connectivity index (χ2v) is 7.96. The number of phenols is 2. The molecule has 31 heavy (non-hydrogen) atoms. The number of likely N-dealkylation sites (N-methyl/N-ethyl adjacent to an activating group) is 1. The van der Waals surface area contributed by atoms with Crippen LogP contribution in [0.1, 0.15) is 43.7 Å². The highest BCUT2D eigenvalue weighted by molar-refractivity contribution is 6.32. The number of halogens is 1. The quantitative estimate of drug-likeness (QED) is 0.550. The first-order valence-corrected chi connectivity index (χ1v) is 11.1. The summed E-state index contributed by atoms with van der Waals surface area (Å²) in [4.78, 5) is 15.1. The minimum atomic E-state index is -0.188. The second-order valence-electron chi connectivity index (χ2n) is 7.56. The summed E-state index contributed by atoms with van der Waals surface area (Å²) in [5, 5.41) is 23.3. The van der Waals surface area contributed by atoms with Gasteiger partial charge in [0, 0.05) is 24.7 Å². The Morgan fingerprint density at radius 2 is 1.94 bits per heavy atom. The van der Waals surface area contributed by atoms with Crippen molar-refractivity contribution in [3.63, 3.8) is 0 Å². The molecule has 0 radical (unpaired) electrons. The standard InChI is InChI=1S/C24H30ClN3O3/c1-4-26-24(31)21-12-11-20(18-13-19(25)23(30)14-22(18)29)28(21)17-9-7-16(8-10-17)15-27(5-2)6-3/h7-9,11-14,17,29-30H,4-6,10,15H2,1-3H3,(H,26,31). The second kappa shape index (κ2) is 10.1. The van der Waals surface area contributed by atoms with Gasteiger partial charge in [-0.3, -0.25) is 9.69 Å². The van der Waals surface area contributed by atoms with E-state index in [1.807, 2.05) is 11.5 Å². The lowest BCUT2D eigenvalue weighted by atomic mass is 10.0. The van der Waals surface area contributed by atoms with Gasteiger partial charge in [-0.15, -0.1) is 0 Å². The molecule has 6 nitrogen and oxygen atoms in total. The summed E-state index contributed by atoms with van der Waals surface area (Å²) in [6.45, 7) is 9.58. The topological polar surface area (TPSA) is 77.7 Å². The van der Waals surface area contributed by atoms with E-state index in [1.165, 1.54) is 17.7 Å². The van der Waals surface area contributed by atoms with Gasteiger partial charge in [0.25, 0.3) is 5.91 Å². The first-order valence-electron chi connectivity index (χ1n) is 10.7. The number of aromatic nitrogens is 1. The van der Waals surface area contributed by atoms with Gasteiger partial charge in [-0.1, -0.05) is 43.7 Å². The van der Waals surface area contributed by atoms with E-state index in [4.69, 9.17) is 11.6 Å². The number of aromatic hydroxyl groups is 2. The Balaban J connectivity index is 2.00. The number of nitrogens with one attached hydrogen (secondary N) is 1. The van der Waals surface area contributed by atoms with Gasteiger partial charge in [0.15, 0.2) is 0 Å². The summed E-state index contributed by atoms with van der Waals surface area (Å²) in [6, 6.07) is 6.21. The highest BCUT2D eigenvalue weighted by atomic mass is 35.5. The molecule has 1 aliphatic carbocycles. The van der Waals surface area contributed by atoms with Crippen molar-refractivity contribution in [1.82, 2.24) is 14.8 Å². The zero-order valence-electron chi connectivity index (χ0n) is 18.2. The van der Waals surface area contributed by atoms with Crippen LogP contribution in [0.4, 0.5) is 0 Å². The lowest BCUT2D eigenvalue weighted by molar-refractivity contribution is 0.0945. The van der Waals surface area contributed by atoms with Gasteiger partial charge in [0.2, 0.25) is 0 Å². The molecule has 7 heteroatoms. The molecule has 1 unspecified atom stereocenters. The van der Waals surface area contributed by atoms with Crippen molar-refractivity contribution in [1.29, 1.82) is 0 Å². The number of allylic oxidation sites excluding steroid dienone is 2. The van der Waals surface area contributed by atoms with Crippen LogP contribution in [0.5, 0.6) is 11.5 Å². The van der Waals surface area contributed by atoms with Crippen LogP contribution in [-0.2, 0) is 0 Å². The van der Waals surface area contributed by atoms with Gasteiger partial charge in [0.05, 0.1) is 16.8 Å². The van der Waals surface area contributed by atoms with E-state index in [0.717, 1.165) is 26.1 Å². The first kappa shape index (κ1) is 23.0. The van der Waals surface area contributed by atoms with Crippen molar-refractivity contribution in [2.45, 2.75) is 33.2 Å². The van der Waals surface area contributed by atoms with Crippen LogP contribution in [0.25, 0.3) is 11.3 Å².